The van der Waals surface area contributed by atoms with Crippen molar-refractivity contribution in [1.82, 2.24) is 0 Å². The van der Waals surface area contributed by atoms with Crippen molar-refractivity contribution in [2.75, 3.05) is 0 Å². The Morgan fingerprint density at radius 2 is 0.481 bits per heavy atom. The summed E-state index contributed by atoms with van der Waals surface area (Å²) in [5.74, 6) is 0. The molecule has 0 aliphatic heterocycles. The number of rotatable bonds is 5. The minimum atomic E-state index is 1.23. The van der Waals surface area contributed by atoms with Gasteiger partial charge in [0.05, 0.1) is 0 Å². The van der Waals surface area contributed by atoms with E-state index in [4.69, 9.17) is 0 Å². The molecule has 254 valence electrons. The van der Waals surface area contributed by atoms with Crippen LogP contribution in [0.5, 0.6) is 0 Å². The van der Waals surface area contributed by atoms with Crippen molar-refractivity contribution < 1.29 is 0 Å². The number of fused-ring (bicyclic) bond motifs is 2. The molecule has 0 radical (unpaired) electrons. The first-order chi connectivity index (χ1) is 25.1. The van der Waals surface area contributed by atoms with Gasteiger partial charge in [-0.25, -0.2) is 0 Å². The van der Waals surface area contributed by atoms with E-state index in [2.05, 4.69) is 189 Å². The molecule has 0 amide bonds. The Labute approximate surface area is 309 Å². The number of hydrogen-bond acceptors (Lipinski definition) is 0. The molecule has 0 aliphatic rings. The van der Waals surface area contributed by atoms with Gasteiger partial charge in [-0.1, -0.05) is 109 Å². The van der Waals surface area contributed by atoms with Crippen LogP contribution >= 0.6 is 0 Å². The average molecular weight is 671 g/mol. The summed E-state index contributed by atoms with van der Waals surface area (Å²) in [7, 11) is 0. The predicted molar refractivity (Wildman–Crippen MR) is 227 cm³/mol. The average Bonchev–Trinajstić information content (AvgIpc) is 3.11. The molecule has 0 fully saturated rings. The molecule has 0 saturated carbocycles. The molecule has 0 nitrogen and oxygen atoms in total. The predicted octanol–water partition coefficient (Wildman–Crippen LogP) is 14.8. The number of benzene rings is 8. The number of hydrogen-bond donors (Lipinski definition) is 0. The molecule has 8 aromatic rings. The third-order valence-electron chi connectivity index (χ3n) is 11.3. The maximum Gasteiger partial charge on any atom is -0.00928 e. The molecular formula is C52H46. The zero-order valence-corrected chi connectivity index (χ0v) is 31.7. The lowest BCUT2D eigenvalue weighted by Crippen LogP contribution is -1.96. The molecule has 0 heterocycles. The van der Waals surface area contributed by atoms with Gasteiger partial charge in [-0.3, -0.25) is 0 Å². The fourth-order valence-corrected chi connectivity index (χ4v) is 8.91. The molecule has 52 heavy (non-hydrogen) atoms. The van der Waals surface area contributed by atoms with Gasteiger partial charge in [0.1, 0.15) is 0 Å². The van der Waals surface area contributed by atoms with Gasteiger partial charge in [0.25, 0.3) is 0 Å². The van der Waals surface area contributed by atoms with E-state index in [9.17, 15) is 0 Å². The van der Waals surface area contributed by atoms with Crippen molar-refractivity contribution in [3.63, 3.8) is 0 Å². The number of aryl methyl sites for hydroxylation is 8. The van der Waals surface area contributed by atoms with Crippen LogP contribution in [0.3, 0.4) is 0 Å². The minimum absolute atomic E-state index is 1.23. The highest BCUT2D eigenvalue weighted by Crippen LogP contribution is 2.46. The van der Waals surface area contributed by atoms with E-state index in [1.165, 1.54) is 122 Å². The molecule has 0 spiro atoms. The van der Waals surface area contributed by atoms with Crippen molar-refractivity contribution >= 4 is 21.5 Å². The second-order valence-corrected chi connectivity index (χ2v) is 14.9. The zero-order valence-electron chi connectivity index (χ0n) is 31.7. The summed E-state index contributed by atoms with van der Waals surface area (Å²) in [6.07, 6.45) is 0. The van der Waals surface area contributed by atoms with E-state index in [1.54, 1.807) is 0 Å². The van der Waals surface area contributed by atoms with Crippen LogP contribution in [0.25, 0.3) is 77.2 Å². The van der Waals surface area contributed by atoms with E-state index < -0.39 is 0 Å². The summed E-state index contributed by atoms with van der Waals surface area (Å²) in [5.41, 5.74) is 23.3. The van der Waals surface area contributed by atoms with E-state index in [1.807, 2.05) is 0 Å². The van der Waals surface area contributed by atoms with Crippen molar-refractivity contribution in [2.24, 2.45) is 0 Å². The lowest BCUT2D eigenvalue weighted by atomic mass is 9.83. The second-order valence-electron chi connectivity index (χ2n) is 14.9. The first kappa shape index (κ1) is 33.4. The van der Waals surface area contributed by atoms with Crippen molar-refractivity contribution in [3.8, 4) is 55.6 Å². The third-order valence-corrected chi connectivity index (χ3v) is 11.3. The quantitative estimate of drug-likeness (QED) is 0.171. The molecule has 8 aromatic carbocycles. The minimum Gasteiger partial charge on any atom is -0.0617 e. The van der Waals surface area contributed by atoms with Gasteiger partial charge in [-0.2, -0.15) is 0 Å². The molecule has 0 heteroatoms. The van der Waals surface area contributed by atoms with Crippen LogP contribution in [-0.4, -0.2) is 0 Å². The summed E-state index contributed by atoms with van der Waals surface area (Å²) < 4.78 is 0. The molecule has 0 aromatic heterocycles. The lowest BCUT2D eigenvalue weighted by molar-refractivity contribution is 1.38. The zero-order chi connectivity index (χ0) is 36.3. The van der Waals surface area contributed by atoms with E-state index in [-0.39, 0.29) is 0 Å². The molecule has 8 rings (SSSR count). The Kier molecular flexibility index (Phi) is 8.43. The first-order valence-electron chi connectivity index (χ1n) is 18.5. The fraction of sp³-hybridized carbons (Fsp3) is 0.154. The standard InChI is InChI=1S/C52H46/c1-31-15-9-16-32(2)49(31)43-25-13-23-41-45(43)27-39(29-47(41)51-35(5)19-11-20-36(51)6)40-28-46-42(48(30-40)52-37(7)21-12-22-38(52)8)24-14-26-44(46)50-33(3)17-10-18-34(50)4/h9-30H,1-8H3. The Morgan fingerprint density at radius 3 is 0.769 bits per heavy atom. The maximum atomic E-state index is 2.46. The molecular weight excluding hydrogens is 625 g/mol. The fourth-order valence-electron chi connectivity index (χ4n) is 8.91. The highest BCUT2D eigenvalue weighted by molar-refractivity contribution is 6.11. The Balaban J connectivity index is 1.54. The first-order valence-corrected chi connectivity index (χ1v) is 18.5. The van der Waals surface area contributed by atoms with Gasteiger partial charge in [-0.15, -0.1) is 0 Å². The maximum absolute atomic E-state index is 2.46. The summed E-state index contributed by atoms with van der Waals surface area (Å²) in [6, 6.07) is 50.3. The SMILES string of the molecule is Cc1cccc(C)c1-c1cc(-c2cc(-c3c(C)cccc3C)c3cccc(-c4c(C)cccc4C)c3c2)cc2c(-c3c(C)cccc3C)cccc12. The molecule has 0 saturated heterocycles. The van der Waals surface area contributed by atoms with Crippen LogP contribution in [0, 0.1) is 55.4 Å². The van der Waals surface area contributed by atoms with E-state index in [0.29, 0.717) is 0 Å². The lowest BCUT2D eigenvalue weighted by Gasteiger charge is -2.21. The van der Waals surface area contributed by atoms with Gasteiger partial charge < -0.3 is 0 Å². The Morgan fingerprint density at radius 1 is 0.231 bits per heavy atom. The summed E-state index contributed by atoms with van der Waals surface area (Å²) in [5, 5.41) is 5.14. The van der Waals surface area contributed by atoms with Gasteiger partial charge >= 0.3 is 0 Å². The van der Waals surface area contributed by atoms with Crippen LogP contribution in [0.2, 0.25) is 0 Å². The summed E-state index contributed by atoms with van der Waals surface area (Å²) in [6.45, 7) is 18.0. The largest absolute Gasteiger partial charge is 0.0617 e. The van der Waals surface area contributed by atoms with Gasteiger partial charge in [0.2, 0.25) is 0 Å². The normalized spacial score (nSPS) is 11.5. The van der Waals surface area contributed by atoms with Crippen LogP contribution in [0.15, 0.2) is 133 Å². The topological polar surface area (TPSA) is 0 Å². The Hall–Kier alpha value is -5.72. The van der Waals surface area contributed by atoms with Crippen molar-refractivity contribution in [2.45, 2.75) is 55.4 Å². The van der Waals surface area contributed by atoms with Crippen LogP contribution in [-0.2, 0) is 0 Å². The van der Waals surface area contributed by atoms with Crippen molar-refractivity contribution in [3.05, 3.63) is 178 Å². The van der Waals surface area contributed by atoms with Crippen LogP contribution < -0.4 is 0 Å². The van der Waals surface area contributed by atoms with Crippen molar-refractivity contribution in [1.29, 1.82) is 0 Å². The monoisotopic (exact) mass is 670 g/mol. The van der Waals surface area contributed by atoms with E-state index >= 15 is 0 Å². The molecule has 0 bridgehead atoms. The highest BCUT2D eigenvalue weighted by atomic mass is 14.2. The molecule has 0 N–H and O–H groups in total. The second kappa shape index (κ2) is 13.1. The summed E-state index contributed by atoms with van der Waals surface area (Å²) >= 11 is 0. The Bertz CT molecular complexity index is 2430. The van der Waals surface area contributed by atoms with Gasteiger partial charge in [0.15, 0.2) is 0 Å². The van der Waals surface area contributed by atoms with Gasteiger partial charge in [0, 0.05) is 0 Å². The van der Waals surface area contributed by atoms with Crippen LogP contribution in [0.1, 0.15) is 44.5 Å². The third kappa shape index (κ3) is 5.55. The smallest absolute Gasteiger partial charge is 0.00928 e. The van der Waals surface area contributed by atoms with Gasteiger partial charge in [-0.05, 0) is 201 Å². The molecule has 0 unspecified atom stereocenters. The highest BCUT2D eigenvalue weighted by Gasteiger charge is 2.20. The molecule has 0 atom stereocenters. The molecule has 0 aliphatic carbocycles. The van der Waals surface area contributed by atoms with Crippen LogP contribution in [0.4, 0.5) is 0 Å². The van der Waals surface area contributed by atoms with E-state index in [0.717, 1.165) is 0 Å². The summed E-state index contributed by atoms with van der Waals surface area (Å²) in [4.78, 5) is 0.